The standard InChI is InChI=1S/C17H16O/c1-17-10-5-4-8-15(17)16(18)12-14-7-3-2-6-13(14)9-11-17/h2-8,10,15-16,18H,12H2,1H3/t15?,16?,17-/m0/s1. The second kappa shape index (κ2) is 4.15. The summed E-state index contributed by atoms with van der Waals surface area (Å²) in [6.07, 6.45) is 8.49. The highest BCUT2D eigenvalue weighted by atomic mass is 16.3. The van der Waals surface area contributed by atoms with Gasteiger partial charge in [-0.25, -0.2) is 0 Å². The maximum Gasteiger partial charge on any atom is 0.0661 e. The maximum absolute atomic E-state index is 10.5. The van der Waals surface area contributed by atoms with Crippen LogP contribution < -0.4 is 0 Å². The normalized spacial score (nSPS) is 32.6. The second-order valence-electron chi connectivity index (χ2n) is 5.23. The van der Waals surface area contributed by atoms with Crippen molar-refractivity contribution in [3.63, 3.8) is 0 Å². The highest BCUT2D eigenvalue weighted by Gasteiger charge is 2.36. The second-order valence-corrected chi connectivity index (χ2v) is 5.23. The number of aliphatic hydroxyl groups excluding tert-OH is 1. The number of hydrogen-bond donors (Lipinski definition) is 1. The lowest BCUT2D eigenvalue weighted by Crippen LogP contribution is -2.36. The molecule has 0 saturated carbocycles. The van der Waals surface area contributed by atoms with Gasteiger partial charge in [-0.3, -0.25) is 0 Å². The molecule has 0 aromatic heterocycles. The number of rotatable bonds is 0. The summed E-state index contributed by atoms with van der Waals surface area (Å²) in [7, 11) is 0. The van der Waals surface area contributed by atoms with Gasteiger partial charge >= 0.3 is 0 Å². The summed E-state index contributed by atoms with van der Waals surface area (Å²) in [5, 5.41) is 10.5. The van der Waals surface area contributed by atoms with E-state index >= 15 is 0 Å². The van der Waals surface area contributed by atoms with Crippen molar-refractivity contribution in [2.24, 2.45) is 11.3 Å². The Hall–Kier alpha value is -1.78. The summed E-state index contributed by atoms with van der Waals surface area (Å²) in [6.45, 7) is 2.10. The quantitative estimate of drug-likeness (QED) is 0.687. The minimum Gasteiger partial charge on any atom is -0.392 e. The molecule has 0 bridgehead atoms. The van der Waals surface area contributed by atoms with Crippen molar-refractivity contribution in [3.05, 3.63) is 59.7 Å². The molecule has 0 radical (unpaired) electrons. The largest absolute Gasteiger partial charge is 0.392 e. The molecule has 1 nitrogen and oxygen atoms in total. The Morgan fingerprint density at radius 3 is 3.00 bits per heavy atom. The Balaban J connectivity index is 2.14. The fraction of sp³-hybridized carbons (Fsp3) is 0.294. The van der Waals surface area contributed by atoms with Crippen LogP contribution in [0.2, 0.25) is 0 Å². The molecule has 1 heteroatoms. The molecule has 3 rings (SSSR count). The zero-order valence-corrected chi connectivity index (χ0v) is 10.4. The first-order chi connectivity index (χ1) is 8.69. The van der Waals surface area contributed by atoms with E-state index < -0.39 is 0 Å². The molecule has 2 aliphatic rings. The molecule has 0 saturated heterocycles. The van der Waals surface area contributed by atoms with E-state index in [1.165, 1.54) is 0 Å². The average molecular weight is 236 g/mol. The molecule has 3 atom stereocenters. The molecule has 18 heavy (non-hydrogen) atoms. The Kier molecular flexibility index (Phi) is 2.61. The Labute approximate surface area is 108 Å². The van der Waals surface area contributed by atoms with Crippen LogP contribution >= 0.6 is 0 Å². The van der Waals surface area contributed by atoms with Gasteiger partial charge in [-0.05, 0) is 18.6 Å². The van der Waals surface area contributed by atoms with E-state index in [0.29, 0.717) is 6.42 Å². The highest BCUT2D eigenvalue weighted by molar-refractivity contribution is 5.46. The van der Waals surface area contributed by atoms with Crippen molar-refractivity contribution in [2.75, 3.05) is 0 Å². The zero-order chi connectivity index (χ0) is 12.6. The maximum atomic E-state index is 10.5. The Morgan fingerprint density at radius 2 is 2.11 bits per heavy atom. The summed E-state index contributed by atoms with van der Waals surface area (Å²) >= 11 is 0. The number of hydrogen-bond acceptors (Lipinski definition) is 1. The minimum atomic E-state index is -0.382. The molecule has 1 aromatic carbocycles. The third-order valence-corrected chi connectivity index (χ3v) is 3.89. The van der Waals surface area contributed by atoms with Gasteiger partial charge in [0.2, 0.25) is 0 Å². The van der Waals surface area contributed by atoms with E-state index in [1.54, 1.807) is 0 Å². The highest BCUT2D eigenvalue weighted by Crippen LogP contribution is 2.37. The lowest BCUT2D eigenvalue weighted by molar-refractivity contribution is 0.0949. The molecule has 2 unspecified atom stereocenters. The predicted octanol–water partition coefficient (Wildman–Crippen LogP) is 2.70. The first kappa shape index (κ1) is 11.3. The number of fused-ring (bicyclic) bond motifs is 2. The third-order valence-electron chi connectivity index (χ3n) is 3.89. The van der Waals surface area contributed by atoms with Gasteiger partial charge in [0, 0.05) is 17.9 Å². The van der Waals surface area contributed by atoms with Crippen LogP contribution in [0.3, 0.4) is 0 Å². The fourth-order valence-corrected chi connectivity index (χ4v) is 2.78. The smallest absolute Gasteiger partial charge is 0.0661 e. The molecule has 2 aliphatic carbocycles. The molecular formula is C17H16O. The molecule has 1 N–H and O–H groups in total. The third kappa shape index (κ3) is 1.79. The number of aliphatic hydroxyl groups is 1. The van der Waals surface area contributed by atoms with Crippen LogP contribution in [0.5, 0.6) is 0 Å². The van der Waals surface area contributed by atoms with E-state index in [1.807, 2.05) is 30.4 Å². The van der Waals surface area contributed by atoms with Crippen LogP contribution in [0.25, 0.3) is 0 Å². The lowest BCUT2D eigenvalue weighted by Gasteiger charge is -2.35. The van der Waals surface area contributed by atoms with Crippen molar-refractivity contribution < 1.29 is 5.11 Å². The summed E-state index contributed by atoms with van der Waals surface area (Å²) in [4.78, 5) is 0. The van der Waals surface area contributed by atoms with Gasteiger partial charge in [0.05, 0.1) is 11.5 Å². The van der Waals surface area contributed by atoms with Crippen molar-refractivity contribution in [3.8, 4) is 11.8 Å². The molecule has 1 aromatic rings. The number of benzene rings is 1. The van der Waals surface area contributed by atoms with Crippen LogP contribution in [0.1, 0.15) is 18.1 Å². The van der Waals surface area contributed by atoms with Gasteiger partial charge in [0.1, 0.15) is 0 Å². The van der Waals surface area contributed by atoms with Gasteiger partial charge in [-0.2, -0.15) is 0 Å². The van der Waals surface area contributed by atoms with Crippen LogP contribution in [0, 0.1) is 23.2 Å². The molecule has 0 aliphatic heterocycles. The van der Waals surface area contributed by atoms with Crippen LogP contribution in [-0.4, -0.2) is 11.2 Å². The van der Waals surface area contributed by atoms with Crippen LogP contribution in [0.4, 0.5) is 0 Å². The molecule has 0 heterocycles. The molecule has 0 fully saturated rings. The van der Waals surface area contributed by atoms with Crippen molar-refractivity contribution in [1.29, 1.82) is 0 Å². The predicted molar refractivity (Wildman–Crippen MR) is 72.9 cm³/mol. The van der Waals surface area contributed by atoms with E-state index in [0.717, 1.165) is 11.1 Å². The van der Waals surface area contributed by atoms with Crippen LogP contribution in [0.15, 0.2) is 48.6 Å². The lowest BCUT2D eigenvalue weighted by atomic mass is 9.70. The van der Waals surface area contributed by atoms with Crippen LogP contribution in [-0.2, 0) is 6.42 Å². The summed E-state index contributed by atoms with van der Waals surface area (Å²) in [6, 6.07) is 8.09. The monoisotopic (exact) mass is 236 g/mol. The Morgan fingerprint density at radius 1 is 1.28 bits per heavy atom. The van der Waals surface area contributed by atoms with Gasteiger partial charge in [-0.15, -0.1) is 0 Å². The van der Waals surface area contributed by atoms with E-state index in [2.05, 4.69) is 37.0 Å². The molecule has 90 valence electrons. The molecular weight excluding hydrogens is 220 g/mol. The molecule has 0 spiro atoms. The topological polar surface area (TPSA) is 20.2 Å². The SMILES string of the molecule is C[C@]12C#Cc3ccccc3CC(O)C1C=CC=C2. The summed E-state index contributed by atoms with van der Waals surface area (Å²) in [5.41, 5.74) is 1.92. The summed E-state index contributed by atoms with van der Waals surface area (Å²) in [5.74, 6) is 6.69. The van der Waals surface area contributed by atoms with Crippen molar-refractivity contribution >= 4 is 0 Å². The molecule has 0 amide bonds. The van der Waals surface area contributed by atoms with Gasteiger partial charge in [0.25, 0.3) is 0 Å². The van der Waals surface area contributed by atoms with E-state index in [4.69, 9.17) is 0 Å². The fourth-order valence-electron chi connectivity index (χ4n) is 2.78. The first-order valence-corrected chi connectivity index (χ1v) is 6.34. The van der Waals surface area contributed by atoms with Gasteiger partial charge < -0.3 is 5.11 Å². The Bertz CT molecular complexity index is 585. The minimum absolute atomic E-state index is 0.0726. The van der Waals surface area contributed by atoms with Crippen molar-refractivity contribution in [2.45, 2.75) is 19.4 Å². The zero-order valence-electron chi connectivity index (χ0n) is 10.4. The summed E-state index contributed by atoms with van der Waals surface area (Å²) < 4.78 is 0. The van der Waals surface area contributed by atoms with E-state index in [9.17, 15) is 5.11 Å². The van der Waals surface area contributed by atoms with Gasteiger partial charge in [0.15, 0.2) is 0 Å². The average Bonchev–Trinajstić information content (AvgIpc) is 2.37. The van der Waals surface area contributed by atoms with Gasteiger partial charge in [-0.1, -0.05) is 54.3 Å². The number of allylic oxidation sites excluding steroid dienone is 3. The van der Waals surface area contributed by atoms with E-state index in [-0.39, 0.29) is 17.4 Å². The first-order valence-electron chi connectivity index (χ1n) is 6.34. The van der Waals surface area contributed by atoms with Crippen molar-refractivity contribution in [1.82, 2.24) is 0 Å².